The van der Waals surface area contributed by atoms with E-state index >= 15 is 0 Å². The van der Waals surface area contributed by atoms with Crippen LogP contribution >= 0.6 is 0 Å². The van der Waals surface area contributed by atoms with Gasteiger partial charge in [-0.25, -0.2) is 19.2 Å². The predicted molar refractivity (Wildman–Crippen MR) is 336 cm³/mol. The van der Waals surface area contributed by atoms with Gasteiger partial charge in [0.05, 0.1) is 27.4 Å². The lowest BCUT2D eigenvalue weighted by molar-refractivity contribution is 0.146. The number of carbonyl (C=O) groups is 4. The molecule has 0 radical (unpaired) electrons. The van der Waals surface area contributed by atoms with Gasteiger partial charge in [0.25, 0.3) is 0 Å². The summed E-state index contributed by atoms with van der Waals surface area (Å²) in [4.78, 5) is 51.8. The fourth-order valence-electron chi connectivity index (χ4n) is 9.73. The summed E-state index contributed by atoms with van der Waals surface area (Å²) in [6, 6.07) is 72.1. The minimum absolute atomic E-state index is 0.260. The van der Waals surface area contributed by atoms with Gasteiger partial charge in [-0.3, -0.25) is 0 Å². The Morgan fingerprint density at radius 2 is 0.536 bits per heavy atom. The zero-order valence-electron chi connectivity index (χ0n) is 48.1. The van der Waals surface area contributed by atoms with E-state index in [1.165, 1.54) is 14.2 Å². The van der Waals surface area contributed by atoms with Gasteiger partial charge in [-0.1, -0.05) is 159 Å². The number of carbonyl (C=O) groups excluding carboxylic acids is 4. The molecule has 8 rings (SSSR count). The number of hydrogen-bond donors (Lipinski definition) is 4. The molecule has 0 atom stereocenters. The molecule has 14 nitrogen and oxygen atoms in total. The van der Waals surface area contributed by atoms with Crippen LogP contribution in [-0.2, 0) is 31.8 Å². The molecule has 0 aliphatic rings. The van der Waals surface area contributed by atoms with Gasteiger partial charge < -0.3 is 50.0 Å². The van der Waals surface area contributed by atoms with Crippen LogP contribution in [0.25, 0.3) is 33.4 Å². The van der Waals surface area contributed by atoms with Crippen molar-refractivity contribution in [2.45, 2.75) is 64.2 Å². The highest BCUT2D eigenvalue weighted by molar-refractivity contribution is 5.82. The van der Waals surface area contributed by atoms with Gasteiger partial charge in [-0.15, -0.1) is 0 Å². The molecule has 8 aromatic carbocycles. The SMILES string of the molecule is COC(=O)NCCCCCCNC(=O)OCCc1ccc(N(c2ccc(-c3ccccc3)cc2)c2ccc(-c3ccc(N(c4ccc(CCOC(=O)NCCCCCCNC(=O)OC)cc4)c4ccc(-c5ccccc5)cc4)cc3)cc2)cc1. The van der Waals surface area contributed by atoms with Crippen molar-refractivity contribution in [2.75, 3.05) is 63.4 Å². The lowest BCUT2D eigenvalue weighted by Crippen LogP contribution is -2.26. The number of unbranched alkanes of at least 4 members (excludes halogenated alkanes) is 6. The average molecular weight is 1130 g/mol. The third kappa shape index (κ3) is 18.7. The van der Waals surface area contributed by atoms with Crippen molar-refractivity contribution in [3.63, 3.8) is 0 Å². The monoisotopic (exact) mass is 1130 g/mol. The van der Waals surface area contributed by atoms with Crippen molar-refractivity contribution in [3.05, 3.63) is 217 Å². The van der Waals surface area contributed by atoms with E-state index < -0.39 is 24.4 Å². The molecule has 0 aliphatic carbocycles. The third-order valence-electron chi connectivity index (χ3n) is 14.3. The second-order valence-electron chi connectivity index (χ2n) is 20.2. The van der Waals surface area contributed by atoms with Gasteiger partial charge in [0, 0.05) is 73.1 Å². The van der Waals surface area contributed by atoms with Crippen LogP contribution < -0.4 is 31.1 Å². The molecule has 0 saturated carbocycles. The molecule has 8 aromatic rings. The van der Waals surface area contributed by atoms with E-state index in [0.717, 1.165) is 130 Å². The minimum Gasteiger partial charge on any atom is -0.453 e. The number of alkyl carbamates (subject to hydrolysis) is 4. The number of anilines is 6. The van der Waals surface area contributed by atoms with E-state index in [1.807, 2.05) is 12.1 Å². The maximum Gasteiger partial charge on any atom is 0.407 e. The Balaban J connectivity index is 0.916. The number of methoxy groups -OCH3 is 2. The van der Waals surface area contributed by atoms with Crippen molar-refractivity contribution in [2.24, 2.45) is 0 Å². The molecule has 4 amide bonds. The first-order valence-corrected chi connectivity index (χ1v) is 29.0. The molecule has 0 aromatic heterocycles. The first-order chi connectivity index (χ1) is 41.2. The predicted octanol–water partition coefficient (Wildman–Crippen LogP) is 16.0. The molecule has 0 bridgehead atoms. The van der Waals surface area contributed by atoms with Crippen molar-refractivity contribution >= 4 is 58.5 Å². The normalized spacial score (nSPS) is 10.7. The van der Waals surface area contributed by atoms with Crippen LogP contribution in [0.15, 0.2) is 206 Å². The molecular weight excluding hydrogens is 1050 g/mol. The topological polar surface area (TPSA) is 160 Å². The van der Waals surface area contributed by atoms with Crippen LogP contribution in [0, 0.1) is 0 Å². The zero-order valence-corrected chi connectivity index (χ0v) is 48.1. The summed E-state index contributed by atoms with van der Waals surface area (Å²) in [6.45, 7) is 2.72. The van der Waals surface area contributed by atoms with E-state index in [4.69, 9.17) is 9.47 Å². The van der Waals surface area contributed by atoms with Gasteiger partial charge in [0.15, 0.2) is 0 Å². The molecule has 0 fully saturated rings. The minimum atomic E-state index is -0.425. The molecule has 0 spiro atoms. The number of hydrogen-bond acceptors (Lipinski definition) is 10. The molecule has 0 heterocycles. The van der Waals surface area contributed by atoms with Crippen molar-refractivity contribution in [3.8, 4) is 33.4 Å². The standard InChI is InChI=1S/C70H76N6O8/c1-81-67(77)71-47-13-3-5-15-49-73-69(79)83-51-45-53-21-33-61(34-22-53)75(63-37-25-57(26-38-63)55-17-9-7-10-18-55)65-41-29-59(30-42-65)60-31-43-66(44-32-60)76(64-39-27-58(28-40-64)56-19-11-8-12-20-56)62-35-23-54(24-36-62)46-52-84-70(80)74-50-16-6-4-14-48-72-68(78)82-2/h7-12,17-44H,3-6,13-16,45-52H2,1-2H3,(H,71,77)(H,72,78)(H,73,79)(H,74,80). The quantitative estimate of drug-likeness (QED) is 0.0263. The molecule has 0 unspecified atom stereocenters. The second-order valence-corrected chi connectivity index (χ2v) is 20.2. The summed E-state index contributed by atoms with van der Waals surface area (Å²) in [5, 5.41) is 11.0. The summed E-state index contributed by atoms with van der Waals surface area (Å²) >= 11 is 0. The van der Waals surface area contributed by atoms with Crippen LogP contribution in [0.3, 0.4) is 0 Å². The van der Waals surface area contributed by atoms with Crippen LogP contribution in [0.5, 0.6) is 0 Å². The molecule has 84 heavy (non-hydrogen) atoms. The Morgan fingerprint density at radius 1 is 0.298 bits per heavy atom. The molecule has 0 saturated heterocycles. The van der Waals surface area contributed by atoms with Crippen LogP contribution in [0.4, 0.5) is 53.3 Å². The fourth-order valence-corrected chi connectivity index (χ4v) is 9.73. The Kier molecular flexibility index (Phi) is 23.6. The van der Waals surface area contributed by atoms with E-state index in [0.29, 0.717) is 39.0 Å². The Hall–Kier alpha value is -9.56. The van der Waals surface area contributed by atoms with Crippen molar-refractivity contribution < 1.29 is 38.1 Å². The molecule has 4 N–H and O–H groups in total. The lowest BCUT2D eigenvalue weighted by Gasteiger charge is -2.27. The maximum atomic E-state index is 12.4. The number of ether oxygens (including phenoxy) is 4. The van der Waals surface area contributed by atoms with Gasteiger partial charge in [-0.2, -0.15) is 0 Å². The average Bonchev–Trinajstić information content (AvgIpc) is 3.28. The largest absolute Gasteiger partial charge is 0.453 e. The van der Waals surface area contributed by atoms with E-state index in [1.54, 1.807) is 0 Å². The number of benzene rings is 8. The van der Waals surface area contributed by atoms with Gasteiger partial charge in [0.2, 0.25) is 0 Å². The van der Waals surface area contributed by atoms with E-state index in [2.05, 4.69) is 235 Å². The van der Waals surface area contributed by atoms with Crippen molar-refractivity contribution in [1.82, 2.24) is 21.3 Å². The zero-order chi connectivity index (χ0) is 58.6. The molecule has 434 valence electrons. The summed E-state index contributed by atoms with van der Waals surface area (Å²) in [7, 11) is 2.70. The summed E-state index contributed by atoms with van der Waals surface area (Å²) < 4.78 is 20.2. The maximum absolute atomic E-state index is 12.4. The Bertz CT molecular complexity index is 3030. The molecule has 14 heteroatoms. The van der Waals surface area contributed by atoms with Crippen LogP contribution in [-0.4, -0.2) is 78.0 Å². The summed E-state index contributed by atoms with van der Waals surface area (Å²) in [5.41, 5.74) is 14.9. The third-order valence-corrected chi connectivity index (χ3v) is 14.3. The van der Waals surface area contributed by atoms with E-state index in [-0.39, 0.29) is 13.2 Å². The van der Waals surface area contributed by atoms with Crippen LogP contribution in [0.1, 0.15) is 62.5 Å². The number of nitrogens with one attached hydrogen (secondary N) is 4. The second kappa shape index (κ2) is 32.8. The van der Waals surface area contributed by atoms with E-state index in [9.17, 15) is 19.2 Å². The lowest BCUT2D eigenvalue weighted by atomic mass is 10.0. The highest BCUT2D eigenvalue weighted by Gasteiger charge is 2.17. The number of nitrogens with zero attached hydrogens (tertiary/aromatic N) is 2. The van der Waals surface area contributed by atoms with Crippen LogP contribution in [0.2, 0.25) is 0 Å². The fraction of sp³-hybridized carbons (Fsp3) is 0.257. The highest BCUT2D eigenvalue weighted by Crippen LogP contribution is 2.39. The van der Waals surface area contributed by atoms with Gasteiger partial charge >= 0.3 is 24.4 Å². The molecule has 0 aliphatic heterocycles. The molecular formula is C70H76N6O8. The van der Waals surface area contributed by atoms with Gasteiger partial charge in [-0.05, 0) is 143 Å². The van der Waals surface area contributed by atoms with Gasteiger partial charge in [0.1, 0.15) is 0 Å². The Labute approximate surface area is 494 Å². The van der Waals surface area contributed by atoms with Crippen molar-refractivity contribution in [1.29, 1.82) is 0 Å². The first kappa shape index (κ1) is 60.5. The summed E-state index contributed by atoms with van der Waals surface area (Å²) in [6.07, 6.45) is 6.56. The smallest absolute Gasteiger partial charge is 0.407 e. The highest BCUT2D eigenvalue weighted by atomic mass is 16.6. The number of rotatable bonds is 29. The Morgan fingerprint density at radius 3 is 0.798 bits per heavy atom. The number of amides is 4. The summed E-state index contributed by atoms with van der Waals surface area (Å²) in [5.74, 6) is 0. The first-order valence-electron chi connectivity index (χ1n) is 29.0.